The minimum atomic E-state index is -5.60. The average Bonchev–Trinajstić information content (AvgIpc) is 2.32. The molecule has 118 valence electrons. The van der Waals surface area contributed by atoms with E-state index in [9.17, 15) is 26.0 Å². The molecule has 0 bridgehead atoms. The molecule has 0 unspecified atom stereocenters. The topological polar surface area (TPSA) is 49.4 Å². The standard InChI is InChI=1S/C12H14F4N2O2S/c1-2-18(9-6-17-7-9)10-4-3-8(13)5-11(10)21(19,20)12(14,15)16/h3-5,9,17H,2,6-7H2,1H3. The molecule has 0 amide bonds. The van der Waals surface area contributed by atoms with E-state index in [0.717, 1.165) is 12.1 Å². The number of alkyl halides is 3. The summed E-state index contributed by atoms with van der Waals surface area (Å²) < 4.78 is 74.8. The number of sulfone groups is 1. The smallest absolute Gasteiger partial charge is 0.365 e. The van der Waals surface area contributed by atoms with E-state index in [0.29, 0.717) is 25.7 Å². The summed E-state index contributed by atoms with van der Waals surface area (Å²) in [6.07, 6.45) is 0. The number of nitrogens with one attached hydrogen (secondary N) is 1. The van der Waals surface area contributed by atoms with Gasteiger partial charge < -0.3 is 10.2 Å². The van der Waals surface area contributed by atoms with Gasteiger partial charge in [-0.2, -0.15) is 13.2 Å². The fourth-order valence-corrected chi connectivity index (χ4v) is 3.16. The highest BCUT2D eigenvalue weighted by Gasteiger charge is 2.48. The normalized spacial score (nSPS) is 16.6. The first kappa shape index (κ1) is 16.0. The Morgan fingerprint density at radius 2 is 1.95 bits per heavy atom. The average molecular weight is 326 g/mol. The van der Waals surface area contributed by atoms with E-state index in [1.54, 1.807) is 6.92 Å². The van der Waals surface area contributed by atoms with Gasteiger partial charge in [0.05, 0.1) is 11.7 Å². The van der Waals surface area contributed by atoms with E-state index in [1.807, 2.05) is 0 Å². The molecule has 1 N–H and O–H groups in total. The van der Waals surface area contributed by atoms with Gasteiger partial charge in [-0.3, -0.25) is 0 Å². The van der Waals surface area contributed by atoms with E-state index in [-0.39, 0.29) is 11.7 Å². The monoisotopic (exact) mass is 326 g/mol. The van der Waals surface area contributed by atoms with Crippen molar-refractivity contribution in [2.75, 3.05) is 24.5 Å². The van der Waals surface area contributed by atoms with Crippen molar-refractivity contribution in [1.82, 2.24) is 5.32 Å². The second-order valence-corrected chi connectivity index (χ2v) is 6.57. The molecule has 0 aliphatic carbocycles. The Morgan fingerprint density at radius 3 is 2.38 bits per heavy atom. The van der Waals surface area contributed by atoms with Crippen molar-refractivity contribution in [1.29, 1.82) is 0 Å². The highest BCUT2D eigenvalue weighted by molar-refractivity contribution is 7.92. The van der Waals surface area contributed by atoms with Crippen LogP contribution in [0.3, 0.4) is 0 Å². The number of anilines is 1. The van der Waals surface area contributed by atoms with Crippen LogP contribution in [-0.2, 0) is 9.84 Å². The van der Waals surface area contributed by atoms with Crippen molar-refractivity contribution in [3.8, 4) is 0 Å². The molecule has 1 heterocycles. The number of halogens is 4. The van der Waals surface area contributed by atoms with Gasteiger partial charge in [0.25, 0.3) is 9.84 Å². The maximum atomic E-state index is 13.3. The lowest BCUT2D eigenvalue weighted by Crippen LogP contribution is -2.57. The van der Waals surface area contributed by atoms with Crippen molar-refractivity contribution in [2.45, 2.75) is 23.4 Å². The summed E-state index contributed by atoms with van der Waals surface area (Å²) in [6, 6.07) is 2.35. The Hall–Kier alpha value is -1.35. The molecular formula is C12H14F4N2O2S. The molecular weight excluding hydrogens is 312 g/mol. The molecule has 1 fully saturated rings. The van der Waals surface area contributed by atoms with Gasteiger partial charge in [0.15, 0.2) is 0 Å². The molecule has 9 heteroatoms. The quantitative estimate of drug-likeness (QED) is 0.859. The summed E-state index contributed by atoms with van der Waals surface area (Å²) in [6.45, 7) is 3.09. The highest BCUT2D eigenvalue weighted by atomic mass is 32.2. The molecule has 21 heavy (non-hydrogen) atoms. The third-order valence-electron chi connectivity index (χ3n) is 3.37. The second-order valence-electron chi connectivity index (χ2n) is 4.66. The van der Waals surface area contributed by atoms with E-state index in [1.165, 1.54) is 4.90 Å². The van der Waals surface area contributed by atoms with E-state index in [2.05, 4.69) is 5.32 Å². The maximum Gasteiger partial charge on any atom is 0.501 e. The molecule has 2 rings (SSSR count). The Bertz CT molecular complexity index is 627. The first-order chi connectivity index (χ1) is 9.68. The maximum absolute atomic E-state index is 13.3. The van der Waals surface area contributed by atoms with Crippen LogP contribution in [0.2, 0.25) is 0 Å². The van der Waals surface area contributed by atoms with Crippen LogP contribution in [0.4, 0.5) is 23.2 Å². The largest absolute Gasteiger partial charge is 0.501 e. The minimum Gasteiger partial charge on any atom is -0.365 e. The van der Waals surface area contributed by atoms with E-state index in [4.69, 9.17) is 0 Å². The SMILES string of the molecule is CCN(c1ccc(F)cc1S(=O)(=O)C(F)(F)F)C1CNC1. The van der Waals surface area contributed by atoms with Crippen LogP contribution in [-0.4, -0.2) is 39.6 Å². The first-order valence-electron chi connectivity index (χ1n) is 6.26. The molecule has 1 aliphatic rings. The first-order valence-corrected chi connectivity index (χ1v) is 7.75. The Morgan fingerprint density at radius 1 is 1.33 bits per heavy atom. The highest BCUT2D eigenvalue weighted by Crippen LogP contribution is 2.37. The van der Waals surface area contributed by atoms with Crippen LogP contribution >= 0.6 is 0 Å². The predicted molar refractivity (Wildman–Crippen MR) is 69.3 cm³/mol. The van der Waals surface area contributed by atoms with E-state index < -0.39 is 26.1 Å². The van der Waals surface area contributed by atoms with Gasteiger partial charge in [-0.15, -0.1) is 0 Å². The van der Waals surface area contributed by atoms with Gasteiger partial charge in [-0.05, 0) is 25.1 Å². The summed E-state index contributed by atoms with van der Waals surface area (Å²) in [5, 5.41) is 2.96. The zero-order chi connectivity index (χ0) is 15.8. The summed E-state index contributed by atoms with van der Waals surface area (Å²) in [5.41, 5.74) is -5.59. The molecule has 1 aliphatic heterocycles. The lowest BCUT2D eigenvalue weighted by Gasteiger charge is -2.40. The number of hydrogen-bond acceptors (Lipinski definition) is 4. The number of likely N-dealkylation sites (N-methyl/N-ethyl adjacent to an activating group) is 1. The summed E-state index contributed by atoms with van der Waals surface area (Å²) >= 11 is 0. The third-order valence-corrected chi connectivity index (χ3v) is 4.88. The molecule has 1 aromatic carbocycles. The zero-order valence-electron chi connectivity index (χ0n) is 11.1. The third kappa shape index (κ3) is 2.84. The molecule has 4 nitrogen and oxygen atoms in total. The fourth-order valence-electron chi connectivity index (χ4n) is 2.18. The molecule has 0 atom stereocenters. The Balaban J connectivity index is 2.57. The molecule has 0 spiro atoms. The lowest BCUT2D eigenvalue weighted by atomic mass is 10.1. The van der Waals surface area contributed by atoms with Crippen molar-refractivity contribution < 1.29 is 26.0 Å². The van der Waals surface area contributed by atoms with Gasteiger partial charge >= 0.3 is 5.51 Å². The van der Waals surface area contributed by atoms with Crippen LogP contribution in [0.5, 0.6) is 0 Å². The van der Waals surface area contributed by atoms with Crippen LogP contribution in [0.25, 0.3) is 0 Å². The number of nitrogens with zero attached hydrogens (tertiary/aromatic N) is 1. The second kappa shape index (κ2) is 5.45. The van der Waals surface area contributed by atoms with Crippen LogP contribution in [0.15, 0.2) is 23.1 Å². The number of hydrogen-bond donors (Lipinski definition) is 1. The summed E-state index contributed by atoms with van der Waals surface area (Å²) in [5.74, 6) is -1.02. The molecule has 1 aromatic rings. The van der Waals surface area contributed by atoms with Crippen molar-refractivity contribution in [2.24, 2.45) is 0 Å². The Kier molecular flexibility index (Phi) is 4.16. The predicted octanol–water partition coefficient (Wildman–Crippen LogP) is 1.92. The van der Waals surface area contributed by atoms with Crippen LogP contribution in [0, 0.1) is 5.82 Å². The molecule has 1 saturated heterocycles. The van der Waals surface area contributed by atoms with Gasteiger partial charge in [0.2, 0.25) is 0 Å². The van der Waals surface area contributed by atoms with Gasteiger partial charge in [-0.25, -0.2) is 12.8 Å². The summed E-state index contributed by atoms with van der Waals surface area (Å²) in [4.78, 5) is 0.498. The number of benzene rings is 1. The van der Waals surface area contributed by atoms with Crippen LogP contribution in [0.1, 0.15) is 6.92 Å². The fraction of sp³-hybridized carbons (Fsp3) is 0.500. The van der Waals surface area contributed by atoms with Gasteiger partial charge in [0, 0.05) is 19.6 Å². The van der Waals surface area contributed by atoms with Crippen molar-refractivity contribution in [3.05, 3.63) is 24.0 Å². The number of rotatable bonds is 4. The molecule has 0 aromatic heterocycles. The van der Waals surface area contributed by atoms with Crippen LogP contribution < -0.4 is 10.2 Å². The van der Waals surface area contributed by atoms with E-state index >= 15 is 0 Å². The molecule has 0 saturated carbocycles. The lowest BCUT2D eigenvalue weighted by molar-refractivity contribution is -0.0435. The van der Waals surface area contributed by atoms with Crippen molar-refractivity contribution >= 4 is 15.5 Å². The van der Waals surface area contributed by atoms with Gasteiger partial charge in [0.1, 0.15) is 10.7 Å². The van der Waals surface area contributed by atoms with Crippen molar-refractivity contribution in [3.63, 3.8) is 0 Å². The summed E-state index contributed by atoms with van der Waals surface area (Å²) in [7, 11) is -5.60. The minimum absolute atomic E-state index is 0.109. The molecule has 0 radical (unpaired) electrons. The Labute approximate surface area is 119 Å². The van der Waals surface area contributed by atoms with Gasteiger partial charge in [-0.1, -0.05) is 0 Å². The zero-order valence-corrected chi connectivity index (χ0v) is 11.9.